The number of rotatable bonds is 2. The largest absolute Gasteiger partial charge is 0.465 e. The predicted octanol–water partition coefficient (Wildman–Crippen LogP) is 2.94. The topological polar surface area (TPSA) is 44.5 Å². The number of benzene rings is 1. The number of ether oxygens (including phenoxy) is 2. The Balaban J connectivity index is 2.00. The summed E-state index contributed by atoms with van der Waals surface area (Å²) in [5, 5.41) is 0. The summed E-state index contributed by atoms with van der Waals surface area (Å²) in [5.41, 5.74) is 6.40. The van der Waals surface area contributed by atoms with Crippen LogP contribution in [0.4, 0.5) is 5.69 Å². The number of anilines is 1. The Morgan fingerprint density at radius 1 is 1.40 bits per heavy atom. The van der Waals surface area contributed by atoms with Crippen LogP contribution in [0.15, 0.2) is 22.7 Å². The minimum absolute atomic E-state index is 0.103. The molecule has 15 heavy (non-hydrogen) atoms. The zero-order valence-electron chi connectivity index (χ0n) is 8.41. The molecule has 1 aliphatic heterocycles. The molecule has 1 fully saturated rings. The fourth-order valence-electron chi connectivity index (χ4n) is 1.54. The van der Waals surface area contributed by atoms with Gasteiger partial charge in [0, 0.05) is 16.6 Å². The predicted molar refractivity (Wildman–Crippen MR) is 62.8 cm³/mol. The molecule has 0 spiro atoms. The van der Waals surface area contributed by atoms with Crippen molar-refractivity contribution in [2.24, 2.45) is 0 Å². The molecular formula is C11H14BrNO2. The highest BCUT2D eigenvalue weighted by molar-refractivity contribution is 9.10. The first-order chi connectivity index (χ1) is 7.25. The minimum Gasteiger partial charge on any atom is -0.465 e. The first-order valence-corrected chi connectivity index (χ1v) is 5.88. The first kappa shape index (κ1) is 10.8. The van der Waals surface area contributed by atoms with Gasteiger partial charge in [-0.3, -0.25) is 0 Å². The van der Waals surface area contributed by atoms with E-state index in [2.05, 4.69) is 15.9 Å². The van der Waals surface area contributed by atoms with E-state index in [-0.39, 0.29) is 6.29 Å². The van der Waals surface area contributed by atoms with Crippen LogP contribution >= 0.6 is 15.9 Å². The van der Waals surface area contributed by atoms with Crippen molar-refractivity contribution >= 4 is 21.6 Å². The molecule has 0 bridgehead atoms. The Kier molecular flexibility index (Phi) is 3.49. The second kappa shape index (κ2) is 4.86. The van der Waals surface area contributed by atoms with Gasteiger partial charge in [-0.25, -0.2) is 0 Å². The molecule has 4 heteroatoms. The highest BCUT2D eigenvalue weighted by Crippen LogP contribution is 2.26. The molecule has 1 heterocycles. The number of hydrogen-bond acceptors (Lipinski definition) is 3. The fraction of sp³-hybridized carbons (Fsp3) is 0.455. The standard InChI is InChI=1S/C11H14BrNO2/c12-9-7-8(4-5-10(9)13)15-11-3-1-2-6-14-11/h4-5,7,11H,1-3,6,13H2. The molecule has 0 saturated carbocycles. The van der Waals surface area contributed by atoms with Gasteiger partial charge in [0.25, 0.3) is 0 Å². The van der Waals surface area contributed by atoms with Crippen molar-refractivity contribution in [2.75, 3.05) is 12.3 Å². The Hall–Kier alpha value is -0.740. The summed E-state index contributed by atoms with van der Waals surface area (Å²) in [7, 11) is 0. The molecule has 0 aromatic heterocycles. The lowest BCUT2D eigenvalue weighted by molar-refractivity contribution is -0.105. The Morgan fingerprint density at radius 2 is 2.27 bits per heavy atom. The molecule has 3 nitrogen and oxygen atoms in total. The van der Waals surface area contributed by atoms with Crippen molar-refractivity contribution < 1.29 is 9.47 Å². The van der Waals surface area contributed by atoms with Gasteiger partial charge in [-0.1, -0.05) is 0 Å². The van der Waals surface area contributed by atoms with E-state index in [4.69, 9.17) is 15.2 Å². The van der Waals surface area contributed by atoms with Crippen molar-refractivity contribution in [2.45, 2.75) is 25.6 Å². The second-order valence-corrected chi connectivity index (χ2v) is 4.45. The molecule has 1 aromatic carbocycles. The number of hydrogen-bond donors (Lipinski definition) is 1. The summed E-state index contributed by atoms with van der Waals surface area (Å²) in [5.74, 6) is 0.794. The Morgan fingerprint density at radius 3 is 2.93 bits per heavy atom. The summed E-state index contributed by atoms with van der Waals surface area (Å²) in [6.07, 6.45) is 3.16. The van der Waals surface area contributed by atoms with Crippen LogP contribution in [0.25, 0.3) is 0 Å². The van der Waals surface area contributed by atoms with E-state index >= 15 is 0 Å². The molecule has 0 amide bonds. The van der Waals surface area contributed by atoms with Crippen LogP contribution in [-0.2, 0) is 4.74 Å². The summed E-state index contributed by atoms with van der Waals surface area (Å²) >= 11 is 3.37. The molecule has 1 aliphatic rings. The van der Waals surface area contributed by atoms with Crippen molar-refractivity contribution in [3.05, 3.63) is 22.7 Å². The van der Waals surface area contributed by atoms with E-state index in [0.29, 0.717) is 5.69 Å². The smallest absolute Gasteiger partial charge is 0.199 e. The van der Waals surface area contributed by atoms with Gasteiger partial charge >= 0.3 is 0 Å². The lowest BCUT2D eigenvalue weighted by Gasteiger charge is -2.23. The molecular weight excluding hydrogens is 258 g/mol. The maximum absolute atomic E-state index is 5.69. The van der Waals surface area contributed by atoms with Crippen molar-refractivity contribution in [3.63, 3.8) is 0 Å². The maximum atomic E-state index is 5.69. The molecule has 82 valence electrons. The monoisotopic (exact) mass is 271 g/mol. The van der Waals surface area contributed by atoms with Crippen LogP contribution in [0.3, 0.4) is 0 Å². The SMILES string of the molecule is Nc1ccc(OC2CCCCO2)cc1Br. The minimum atomic E-state index is -0.103. The van der Waals surface area contributed by atoms with Gasteiger partial charge in [0.2, 0.25) is 0 Å². The summed E-state index contributed by atoms with van der Waals surface area (Å²) in [6.45, 7) is 0.792. The molecule has 2 N–H and O–H groups in total. The van der Waals surface area contributed by atoms with Gasteiger partial charge < -0.3 is 15.2 Å². The molecule has 1 unspecified atom stereocenters. The molecule has 0 aliphatic carbocycles. The second-order valence-electron chi connectivity index (χ2n) is 3.60. The Bertz CT molecular complexity index is 337. The lowest BCUT2D eigenvalue weighted by Crippen LogP contribution is -2.24. The van der Waals surface area contributed by atoms with Crippen molar-refractivity contribution in [1.29, 1.82) is 0 Å². The van der Waals surface area contributed by atoms with Crippen molar-refractivity contribution in [1.82, 2.24) is 0 Å². The van der Waals surface area contributed by atoms with E-state index in [0.717, 1.165) is 29.7 Å². The van der Waals surface area contributed by atoms with Gasteiger partial charge in [0.05, 0.1) is 6.61 Å². The highest BCUT2D eigenvalue weighted by Gasteiger charge is 2.15. The average Bonchev–Trinajstić information content (AvgIpc) is 2.25. The molecule has 1 atom stereocenters. The average molecular weight is 272 g/mol. The van der Waals surface area contributed by atoms with Gasteiger partial charge in [-0.05, 0) is 47.0 Å². The van der Waals surface area contributed by atoms with Crippen LogP contribution in [-0.4, -0.2) is 12.9 Å². The van der Waals surface area contributed by atoms with Gasteiger partial charge in [-0.15, -0.1) is 0 Å². The van der Waals surface area contributed by atoms with Crippen LogP contribution in [0.5, 0.6) is 5.75 Å². The third kappa shape index (κ3) is 2.86. The van der Waals surface area contributed by atoms with E-state index in [9.17, 15) is 0 Å². The number of nitrogens with two attached hydrogens (primary N) is 1. The summed E-state index contributed by atoms with van der Waals surface area (Å²) in [6, 6.07) is 5.55. The van der Waals surface area contributed by atoms with Crippen LogP contribution in [0.1, 0.15) is 19.3 Å². The third-order valence-corrected chi connectivity index (χ3v) is 3.06. The Labute approximate surface area is 97.7 Å². The van der Waals surface area contributed by atoms with Crippen molar-refractivity contribution in [3.8, 4) is 5.75 Å². The third-order valence-electron chi connectivity index (χ3n) is 2.38. The summed E-state index contributed by atoms with van der Waals surface area (Å²) in [4.78, 5) is 0. The van der Waals surface area contributed by atoms with E-state index in [1.807, 2.05) is 18.2 Å². The molecule has 1 aromatic rings. The van der Waals surface area contributed by atoms with Crippen LogP contribution in [0, 0.1) is 0 Å². The van der Waals surface area contributed by atoms with E-state index < -0.39 is 0 Å². The molecule has 2 rings (SSSR count). The van der Waals surface area contributed by atoms with Gasteiger partial charge in [-0.2, -0.15) is 0 Å². The van der Waals surface area contributed by atoms with Crippen LogP contribution in [0.2, 0.25) is 0 Å². The quantitative estimate of drug-likeness (QED) is 0.842. The zero-order valence-corrected chi connectivity index (χ0v) is 10.00. The molecule has 1 saturated heterocycles. The zero-order chi connectivity index (χ0) is 10.7. The van der Waals surface area contributed by atoms with Crippen LogP contribution < -0.4 is 10.5 Å². The van der Waals surface area contributed by atoms with E-state index in [1.165, 1.54) is 6.42 Å². The lowest BCUT2D eigenvalue weighted by atomic mass is 10.2. The fourth-order valence-corrected chi connectivity index (χ4v) is 1.89. The normalized spacial score (nSPS) is 21.3. The highest BCUT2D eigenvalue weighted by atomic mass is 79.9. The molecule has 0 radical (unpaired) electrons. The van der Waals surface area contributed by atoms with Gasteiger partial charge in [0.1, 0.15) is 5.75 Å². The summed E-state index contributed by atoms with van der Waals surface area (Å²) < 4.78 is 12.0. The first-order valence-electron chi connectivity index (χ1n) is 5.09. The number of nitrogen functional groups attached to an aromatic ring is 1. The van der Waals surface area contributed by atoms with E-state index in [1.54, 1.807) is 0 Å². The van der Waals surface area contributed by atoms with Gasteiger partial charge in [0.15, 0.2) is 6.29 Å². The number of halogens is 1. The maximum Gasteiger partial charge on any atom is 0.199 e.